The number of nitrogens with one attached hydrogen (secondary N) is 1. The first-order chi connectivity index (χ1) is 8.79. The average Bonchev–Trinajstić information content (AvgIpc) is 2.90. The Morgan fingerprint density at radius 2 is 2.50 bits per heavy atom. The van der Waals surface area contributed by atoms with Crippen LogP contribution in [-0.2, 0) is 6.54 Å². The molecule has 1 aromatic heterocycles. The maximum absolute atomic E-state index is 4.73. The van der Waals surface area contributed by atoms with Crippen LogP contribution in [0.15, 0.2) is 10.9 Å². The number of aromatic nitrogens is 2. The summed E-state index contributed by atoms with van der Waals surface area (Å²) in [7, 11) is 0. The van der Waals surface area contributed by atoms with Crippen LogP contribution in [0, 0.1) is 5.92 Å². The zero-order chi connectivity index (χ0) is 12.8. The number of piperidine rings is 1. The topological polar surface area (TPSA) is 54.2 Å². The molecule has 5 nitrogen and oxygen atoms in total. The first kappa shape index (κ1) is 13.5. The fourth-order valence-electron chi connectivity index (χ4n) is 2.71. The molecule has 0 aliphatic carbocycles. The molecule has 0 saturated carbocycles. The lowest BCUT2D eigenvalue weighted by molar-refractivity contribution is 0.150. The van der Waals surface area contributed by atoms with Crippen molar-refractivity contribution in [3.8, 4) is 0 Å². The second-order valence-corrected chi connectivity index (χ2v) is 5.22. The lowest BCUT2D eigenvalue weighted by Crippen LogP contribution is -2.44. The fraction of sp³-hybridized carbons (Fsp3) is 0.846. The van der Waals surface area contributed by atoms with E-state index in [0.29, 0.717) is 12.6 Å². The van der Waals surface area contributed by atoms with Gasteiger partial charge in [-0.15, -0.1) is 0 Å². The van der Waals surface area contributed by atoms with Gasteiger partial charge in [-0.2, -0.15) is 4.98 Å². The summed E-state index contributed by atoms with van der Waals surface area (Å²) >= 11 is 0. The second kappa shape index (κ2) is 6.85. The minimum atomic E-state index is 0.503. The van der Waals surface area contributed by atoms with Gasteiger partial charge in [-0.3, -0.25) is 0 Å². The predicted molar refractivity (Wildman–Crippen MR) is 70.1 cm³/mol. The minimum Gasteiger partial charge on any atom is -0.343 e. The lowest BCUT2D eigenvalue weighted by Gasteiger charge is -2.35. The Morgan fingerprint density at radius 1 is 1.61 bits per heavy atom. The van der Waals surface area contributed by atoms with Crippen LogP contribution in [0.3, 0.4) is 0 Å². The summed E-state index contributed by atoms with van der Waals surface area (Å²) in [5, 5.41) is 7.32. The van der Waals surface area contributed by atoms with Crippen molar-refractivity contribution < 1.29 is 4.52 Å². The van der Waals surface area contributed by atoms with Crippen LogP contribution in [0.1, 0.15) is 38.9 Å². The molecule has 0 spiro atoms. The van der Waals surface area contributed by atoms with E-state index >= 15 is 0 Å². The standard InChI is InChI=1S/C13H24N4O/c1-3-6-17-7-4-5-12(9-17)11(2)14-8-13-15-10-18-16-13/h10-12,14H,3-9H2,1-2H3. The van der Waals surface area contributed by atoms with E-state index in [2.05, 4.69) is 34.2 Å². The number of rotatable bonds is 6. The molecule has 1 fully saturated rings. The third-order valence-corrected chi connectivity index (χ3v) is 3.78. The zero-order valence-electron chi connectivity index (χ0n) is 11.4. The molecule has 1 aliphatic rings. The first-order valence-corrected chi connectivity index (χ1v) is 7.00. The first-order valence-electron chi connectivity index (χ1n) is 7.00. The van der Waals surface area contributed by atoms with Crippen LogP contribution in [0.2, 0.25) is 0 Å². The van der Waals surface area contributed by atoms with Gasteiger partial charge >= 0.3 is 0 Å². The molecule has 1 saturated heterocycles. The normalized spacial score (nSPS) is 23.1. The Hall–Kier alpha value is -0.940. The third kappa shape index (κ3) is 3.78. The van der Waals surface area contributed by atoms with Crippen molar-refractivity contribution in [1.29, 1.82) is 0 Å². The van der Waals surface area contributed by atoms with Crippen molar-refractivity contribution in [2.45, 2.75) is 45.7 Å². The Morgan fingerprint density at radius 3 is 3.22 bits per heavy atom. The maximum Gasteiger partial charge on any atom is 0.213 e. The van der Waals surface area contributed by atoms with Crippen LogP contribution in [0.4, 0.5) is 0 Å². The predicted octanol–water partition coefficient (Wildman–Crippen LogP) is 1.67. The van der Waals surface area contributed by atoms with Crippen molar-refractivity contribution in [1.82, 2.24) is 20.4 Å². The Balaban J connectivity index is 1.75. The van der Waals surface area contributed by atoms with Gasteiger partial charge in [-0.05, 0) is 45.2 Å². The minimum absolute atomic E-state index is 0.503. The van der Waals surface area contributed by atoms with E-state index in [1.165, 1.54) is 45.3 Å². The van der Waals surface area contributed by atoms with Gasteiger partial charge in [0.05, 0.1) is 6.54 Å². The average molecular weight is 252 g/mol. The van der Waals surface area contributed by atoms with E-state index < -0.39 is 0 Å². The number of nitrogens with zero attached hydrogens (tertiary/aromatic N) is 3. The van der Waals surface area contributed by atoms with Crippen molar-refractivity contribution in [3.05, 3.63) is 12.2 Å². The monoisotopic (exact) mass is 252 g/mol. The lowest BCUT2D eigenvalue weighted by atomic mass is 9.91. The van der Waals surface area contributed by atoms with E-state index in [0.717, 1.165) is 11.7 Å². The third-order valence-electron chi connectivity index (χ3n) is 3.78. The van der Waals surface area contributed by atoms with Gasteiger partial charge in [-0.25, -0.2) is 0 Å². The molecule has 2 rings (SSSR count). The van der Waals surface area contributed by atoms with E-state index in [1.54, 1.807) is 0 Å². The van der Waals surface area contributed by atoms with Crippen LogP contribution in [0.25, 0.3) is 0 Å². The summed E-state index contributed by atoms with van der Waals surface area (Å²) in [6.45, 7) is 8.92. The van der Waals surface area contributed by atoms with Crippen LogP contribution < -0.4 is 5.32 Å². The van der Waals surface area contributed by atoms with Crippen molar-refractivity contribution in [2.75, 3.05) is 19.6 Å². The molecular weight excluding hydrogens is 228 g/mol. The molecule has 0 aromatic carbocycles. The number of hydrogen-bond acceptors (Lipinski definition) is 5. The Labute approximate surface area is 109 Å². The smallest absolute Gasteiger partial charge is 0.213 e. The molecule has 5 heteroatoms. The van der Waals surface area contributed by atoms with Crippen LogP contribution in [0.5, 0.6) is 0 Å². The van der Waals surface area contributed by atoms with Gasteiger partial charge in [0.15, 0.2) is 5.82 Å². The van der Waals surface area contributed by atoms with Crippen molar-refractivity contribution >= 4 is 0 Å². The number of hydrogen-bond donors (Lipinski definition) is 1. The molecular formula is C13H24N4O. The van der Waals surface area contributed by atoms with E-state index in [9.17, 15) is 0 Å². The molecule has 102 valence electrons. The maximum atomic E-state index is 4.73. The molecule has 18 heavy (non-hydrogen) atoms. The fourth-order valence-corrected chi connectivity index (χ4v) is 2.71. The molecule has 1 aromatic rings. The largest absolute Gasteiger partial charge is 0.343 e. The Bertz CT molecular complexity index is 326. The van der Waals surface area contributed by atoms with Crippen molar-refractivity contribution in [3.63, 3.8) is 0 Å². The SMILES string of the molecule is CCCN1CCCC(C(C)NCc2ncon2)C1. The van der Waals surface area contributed by atoms with E-state index in [4.69, 9.17) is 4.52 Å². The molecule has 1 N–H and O–H groups in total. The summed E-state index contributed by atoms with van der Waals surface area (Å²) in [4.78, 5) is 6.61. The molecule has 2 heterocycles. The molecule has 1 aliphatic heterocycles. The highest BCUT2D eigenvalue weighted by atomic mass is 16.5. The summed E-state index contributed by atoms with van der Waals surface area (Å²) in [5.41, 5.74) is 0. The molecule has 0 bridgehead atoms. The summed E-state index contributed by atoms with van der Waals surface area (Å²) in [6.07, 6.45) is 5.27. The quantitative estimate of drug-likeness (QED) is 0.834. The highest BCUT2D eigenvalue weighted by Gasteiger charge is 2.23. The van der Waals surface area contributed by atoms with Gasteiger partial charge in [-0.1, -0.05) is 12.1 Å². The number of likely N-dealkylation sites (tertiary alicyclic amines) is 1. The van der Waals surface area contributed by atoms with E-state index in [1.807, 2.05) is 0 Å². The second-order valence-electron chi connectivity index (χ2n) is 5.22. The van der Waals surface area contributed by atoms with Crippen LogP contribution in [-0.4, -0.2) is 40.7 Å². The molecule has 2 unspecified atom stereocenters. The molecule has 0 amide bonds. The summed E-state index contributed by atoms with van der Waals surface area (Å²) in [5.74, 6) is 1.47. The van der Waals surface area contributed by atoms with Crippen molar-refractivity contribution in [2.24, 2.45) is 5.92 Å². The van der Waals surface area contributed by atoms with Gasteiger partial charge in [0, 0.05) is 12.6 Å². The highest BCUT2D eigenvalue weighted by Crippen LogP contribution is 2.20. The summed E-state index contributed by atoms with van der Waals surface area (Å²) < 4.78 is 4.73. The molecule has 0 radical (unpaired) electrons. The van der Waals surface area contributed by atoms with Gasteiger partial charge < -0.3 is 14.7 Å². The summed E-state index contributed by atoms with van der Waals surface area (Å²) in [6, 6.07) is 0.503. The van der Waals surface area contributed by atoms with Gasteiger partial charge in [0.1, 0.15) is 0 Å². The van der Waals surface area contributed by atoms with E-state index in [-0.39, 0.29) is 0 Å². The van der Waals surface area contributed by atoms with Gasteiger partial charge in [0.2, 0.25) is 6.39 Å². The molecule has 2 atom stereocenters. The van der Waals surface area contributed by atoms with Gasteiger partial charge in [0.25, 0.3) is 0 Å². The Kier molecular flexibility index (Phi) is 5.13. The highest BCUT2D eigenvalue weighted by molar-refractivity contribution is 4.83. The van der Waals surface area contributed by atoms with Crippen LogP contribution >= 0.6 is 0 Å². The zero-order valence-corrected chi connectivity index (χ0v) is 11.4.